The molecule has 212 valence electrons. The van der Waals surface area contributed by atoms with Crippen LogP contribution in [0.1, 0.15) is 34.3 Å². The quantitative estimate of drug-likeness (QED) is 0.384. The van der Waals surface area contributed by atoms with Gasteiger partial charge in [-0.1, -0.05) is 35.9 Å². The molecule has 0 bridgehead atoms. The SMILES string of the molecule is COc1ccc(CCNC(=O)c2ccccc2NC(=O)[C@H]2CCCN(S(=O)(=O)c3ccc(C)cc3)C2)cc1OC. The van der Waals surface area contributed by atoms with Gasteiger partial charge < -0.3 is 20.1 Å². The summed E-state index contributed by atoms with van der Waals surface area (Å²) in [5.41, 5.74) is 2.67. The van der Waals surface area contributed by atoms with Crippen molar-refractivity contribution < 1.29 is 27.5 Å². The van der Waals surface area contributed by atoms with Crippen molar-refractivity contribution in [3.05, 3.63) is 83.4 Å². The van der Waals surface area contributed by atoms with E-state index < -0.39 is 15.9 Å². The molecule has 0 saturated carbocycles. The number of anilines is 1. The smallest absolute Gasteiger partial charge is 0.253 e. The second-order valence-corrected chi connectivity index (χ2v) is 11.7. The van der Waals surface area contributed by atoms with Crippen LogP contribution in [0.4, 0.5) is 5.69 Å². The predicted octanol–water partition coefficient (Wildman–Crippen LogP) is 4.02. The molecule has 1 aliphatic heterocycles. The first-order valence-corrected chi connectivity index (χ1v) is 14.6. The molecule has 0 spiro atoms. The second kappa shape index (κ2) is 13.0. The highest BCUT2D eigenvalue weighted by molar-refractivity contribution is 7.89. The van der Waals surface area contributed by atoms with E-state index in [-0.39, 0.29) is 23.3 Å². The fourth-order valence-corrected chi connectivity index (χ4v) is 6.23. The average Bonchev–Trinajstić information content (AvgIpc) is 2.97. The number of carbonyl (C=O) groups is 2. The summed E-state index contributed by atoms with van der Waals surface area (Å²) in [5.74, 6) is 0.0919. The van der Waals surface area contributed by atoms with Gasteiger partial charge in [0.2, 0.25) is 15.9 Å². The van der Waals surface area contributed by atoms with Crippen LogP contribution >= 0.6 is 0 Å². The molecular formula is C30H35N3O6S. The van der Waals surface area contributed by atoms with Crippen LogP contribution in [0.15, 0.2) is 71.6 Å². The zero-order valence-corrected chi connectivity index (χ0v) is 23.8. The highest BCUT2D eigenvalue weighted by atomic mass is 32.2. The fourth-order valence-electron chi connectivity index (χ4n) is 4.71. The Morgan fingerprint density at radius 3 is 2.42 bits per heavy atom. The van der Waals surface area contributed by atoms with Gasteiger partial charge in [-0.15, -0.1) is 0 Å². The van der Waals surface area contributed by atoms with Crippen LogP contribution in [-0.2, 0) is 21.2 Å². The number of rotatable bonds is 10. The van der Waals surface area contributed by atoms with Gasteiger partial charge in [0, 0.05) is 19.6 Å². The summed E-state index contributed by atoms with van der Waals surface area (Å²) < 4.78 is 38.3. The molecule has 0 radical (unpaired) electrons. The number of sulfonamides is 1. The standard InChI is InChI=1S/C30H35N3O6S/c1-21-10-13-24(14-11-21)40(36,37)33-18-6-7-23(20-33)29(34)32-26-9-5-4-8-25(26)30(35)31-17-16-22-12-15-27(38-2)28(19-22)39-3/h4-5,8-15,19,23H,6-7,16-18,20H2,1-3H3,(H,31,35)(H,32,34)/t23-/m0/s1. The van der Waals surface area contributed by atoms with Crippen LogP contribution in [-0.4, -0.2) is 58.4 Å². The zero-order valence-electron chi connectivity index (χ0n) is 23.0. The van der Waals surface area contributed by atoms with Crippen LogP contribution in [0.3, 0.4) is 0 Å². The molecule has 1 atom stereocenters. The Labute approximate surface area is 235 Å². The van der Waals surface area contributed by atoms with Crippen molar-refractivity contribution in [2.24, 2.45) is 5.92 Å². The molecule has 1 fully saturated rings. The summed E-state index contributed by atoms with van der Waals surface area (Å²) in [5, 5.41) is 5.77. The number of ether oxygens (including phenoxy) is 2. The van der Waals surface area contributed by atoms with E-state index in [2.05, 4.69) is 10.6 Å². The Morgan fingerprint density at radius 2 is 1.70 bits per heavy atom. The van der Waals surface area contributed by atoms with Crippen molar-refractivity contribution in [1.29, 1.82) is 0 Å². The Morgan fingerprint density at radius 1 is 0.975 bits per heavy atom. The second-order valence-electron chi connectivity index (χ2n) is 9.75. The van der Waals surface area contributed by atoms with E-state index >= 15 is 0 Å². The van der Waals surface area contributed by atoms with E-state index in [1.165, 1.54) is 4.31 Å². The Balaban J connectivity index is 1.38. The summed E-state index contributed by atoms with van der Waals surface area (Å²) in [4.78, 5) is 26.4. The summed E-state index contributed by atoms with van der Waals surface area (Å²) in [6.07, 6.45) is 1.71. The van der Waals surface area contributed by atoms with Gasteiger partial charge in [-0.05, 0) is 68.1 Å². The number of methoxy groups -OCH3 is 2. The number of aryl methyl sites for hydroxylation is 1. The lowest BCUT2D eigenvalue weighted by Gasteiger charge is -2.31. The Bertz CT molecular complexity index is 1460. The molecule has 3 aromatic carbocycles. The van der Waals surface area contributed by atoms with E-state index in [1.807, 2.05) is 25.1 Å². The Hall–Kier alpha value is -3.89. The van der Waals surface area contributed by atoms with Crippen LogP contribution < -0.4 is 20.1 Å². The van der Waals surface area contributed by atoms with Gasteiger partial charge in [0.05, 0.1) is 36.3 Å². The minimum Gasteiger partial charge on any atom is -0.493 e. The number of nitrogens with zero attached hydrogens (tertiary/aromatic N) is 1. The van der Waals surface area contributed by atoms with Crippen molar-refractivity contribution >= 4 is 27.5 Å². The highest BCUT2D eigenvalue weighted by Crippen LogP contribution is 2.28. The summed E-state index contributed by atoms with van der Waals surface area (Å²) in [6.45, 7) is 2.72. The van der Waals surface area contributed by atoms with Gasteiger partial charge in [0.15, 0.2) is 11.5 Å². The number of benzene rings is 3. The molecule has 0 unspecified atom stereocenters. The minimum absolute atomic E-state index is 0.0850. The van der Waals surface area contributed by atoms with Crippen molar-refractivity contribution in [3.8, 4) is 11.5 Å². The Kier molecular flexibility index (Phi) is 9.44. The molecule has 1 aliphatic rings. The van der Waals surface area contributed by atoms with Gasteiger partial charge in [0.25, 0.3) is 5.91 Å². The van der Waals surface area contributed by atoms with E-state index in [0.29, 0.717) is 55.1 Å². The van der Waals surface area contributed by atoms with Gasteiger partial charge in [0.1, 0.15) is 0 Å². The molecular weight excluding hydrogens is 530 g/mol. The molecule has 10 heteroatoms. The number of hydrogen-bond acceptors (Lipinski definition) is 6. The van der Waals surface area contributed by atoms with Gasteiger partial charge in [-0.3, -0.25) is 9.59 Å². The molecule has 0 aromatic heterocycles. The molecule has 1 heterocycles. The number of hydrogen-bond donors (Lipinski definition) is 2. The summed E-state index contributed by atoms with van der Waals surface area (Å²) in [7, 11) is -0.560. The molecule has 1 saturated heterocycles. The summed E-state index contributed by atoms with van der Waals surface area (Å²) >= 11 is 0. The van der Waals surface area contributed by atoms with E-state index in [9.17, 15) is 18.0 Å². The molecule has 3 aromatic rings. The zero-order chi connectivity index (χ0) is 28.7. The van der Waals surface area contributed by atoms with Gasteiger partial charge in [-0.2, -0.15) is 4.31 Å². The lowest BCUT2D eigenvalue weighted by atomic mass is 9.98. The molecule has 40 heavy (non-hydrogen) atoms. The first kappa shape index (κ1) is 29.1. The maximum Gasteiger partial charge on any atom is 0.253 e. The third kappa shape index (κ3) is 6.81. The number of amides is 2. The van der Waals surface area contributed by atoms with E-state index in [4.69, 9.17) is 9.47 Å². The third-order valence-electron chi connectivity index (χ3n) is 6.99. The first-order chi connectivity index (χ1) is 19.2. The normalized spacial score (nSPS) is 15.7. The first-order valence-electron chi connectivity index (χ1n) is 13.2. The molecule has 4 rings (SSSR count). The van der Waals surface area contributed by atoms with Crippen LogP contribution in [0, 0.1) is 12.8 Å². The van der Waals surface area contributed by atoms with E-state index in [1.54, 1.807) is 62.8 Å². The molecule has 2 N–H and O–H groups in total. The number of carbonyl (C=O) groups excluding carboxylic acids is 2. The topological polar surface area (TPSA) is 114 Å². The van der Waals surface area contributed by atoms with Crippen LogP contribution in [0.25, 0.3) is 0 Å². The minimum atomic E-state index is -3.71. The van der Waals surface area contributed by atoms with Crippen molar-refractivity contribution in [3.63, 3.8) is 0 Å². The molecule has 9 nitrogen and oxygen atoms in total. The molecule has 2 amide bonds. The maximum atomic E-state index is 13.2. The van der Waals surface area contributed by atoms with Gasteiger partial charge >= 0.3 is 0 Å². The lowest BCUT2D eigenvalue weighted by molar-refractivity contribution is -0.120. The summed E-state index contributed by atoms with van der Waals surface area (Å²) in [6, 6.07) is 19.1. The van der Waals surface area contributed by atoms with Crippen molar-refractivity contribution in [2.45, 2.75) is 31.1 Å². The monoisotopic (exact) mass is 565 g/mol. The largest absolute Gasteiger partial charge is 0.493 e. The lowest BCUT2D eigenvalue weighted by Crippen LogP contribution is -2.43. The van der Waals surface area contributed by atoms with Crippen molar-refractivity contribution in [1.82, 2.24) is 9.62 Å². The van der Waals surface area contributed by atoms with Crippen molar-refractivity contribution in [2.75, 3.05) is 39.2 Å². The number of para-hydroxylation sites is 1. The van der Waals surface area contributed by atoms with Crippen LogP contribution in [0.5, 0.6) is 11.5 Å². The molecule has 0 aliphatic carbocycles. The average molecular weight is 566 g/mol. The third-order valence-corrected chi connectivity index (χ3v) is 8.87. The fraction of sp³-hybridized carbons (Fsp3) is 0.333. The highest BCUT2D eigenvalue weighted by Gasteiger charge is 2.33. The van der Waals surface area contributed by atoms with Crippen LogP contribution in [0.2, 0.25) is 0 Å². The van der Waals surface area contributed by atoms with Gasteiger partial charge in [-0.25, -0.2) is 8.42 Å². The number of piperidine rings is 1. The number of nitrogens with one attached hydrogen (secondary N) is 2. The maximum absolute atomic E-state index is 13.2. The predicted molar refractivity (Wildman–Crippen MR) is 153 cm³/mol. The van der Waals surface area contributed by atoms with E-state index in [0.717, 1.165) is 11.1 Å².